The molecule has 0 amide bonds. The van der Waals surface area contributed by atoms with Crippen LogP contribution in [0.3, 0.4) is 0 Å². The highest BCUT2D eigenvalue weighted by Gasteiger charge is 2.23. The lowest BCUT2D eigenvalue weighted by Gasteiger charge is -2.21. The summed E-state index contributed by atoms with van der Waals surface area (Å²) in [4.78, 5) is 49.8. The number of esters is 4. The van der Waals surface area contributed by atoms with Gasteiger partial charge in [0.1, 0.15) is 18.7 Å². The molecule has 36 heavy (non-hydrogen) atoms. The lowest BCUT2D eigenvalue weighted by atomic mass is 9.96. The SMILES string of the molecule is CC(=O)OC(OC(C)=O)c1ccc(C(c2ccc(C(OC(C)=O)OC(C)=O)cc2)n2cncn2)cc1. The Labute approximate surface area is 206 Å². The zero-order valence-electron chi connectivity index (χ0n) is 20.1. The van der Waals surface area contributed by atoms with Gasteiger partial charge in [0.2, 0.25) is 0 Å². The molecular weight excluding hydrogens is 470 g/mol. The zero-order valence-corrected chi connectivity index (χ0v) is 20.1. The lowest BCUT2D eigenvalue weighted by Crippen LogP contribution is -2.17. The number of carbonyl (C=O) groups is 4. The maximum Gasteiger partial charge on any atom is 0.305 e. The molecule has 0 fully saturated rings. The Kier molecular flexibility index (Phi) is 8.50. The van der Waals surface area contributed by atoms with Gasteiger partial charge in [0.25, 0.3) is 12.6 Å². The first-order valence-electron chi connectivity index (χ1n) is 10.9. The Morgan fingerprint density at radius 2 is 0.944 bits per heavy atom. The van der Waals surface area contributed by atoms with Crippen LogP contribution >= 0.6 is 0 Å². The van der Waals surface area contributed by atoms with Gasteiger partial charge < -0.3 is 18.9 Å². The lowest BCUT2D eigenvalue weighted by molar-refractivity contribution is -0.188. The number of aromatic nitrogens is 3. The van der Waals surface area contributed by atoms with Crippen molar-refractivity contribution in [1.29, 1.82) is 0 Å². The maximum atomic E-state index is 11.4. The second-order valence-corrected chi connectivity index (χ2v) is 7.71. The first-order valence-corrected chi connectivity index (χ1v) is 10.9. The quantitative estimate of drug-likeness (QED) is 0.322. The van der Waals surface area contributed by atoms with E-state index in [0.717, 1.165) is 11.1 Å². The molecule has 11 heteroatoms. The van der Waals surface area contributed by atoms with Crippen LogP contribution in [0.2, 0.25) is 0 Å². The number of carbonyl (C=O) groups excluding carboxylic acids is 4. The smallest absolute Gasteiger partial charge is 0.305 e. The van der Waals surface area contributed by atoms with Crippen molar-refractivity contribution in [1.82, 2.24) is 14.8 Å². The second kappa shape index (κ2) is 11.7. The summed E-state index contributed by atoms with van der Waals surface area (Å²) < 4.78 is 22.1. The third kappa shape index (κ3) is 6.98. The molecule has 0 spiro atoms. The summed E-state index contributed by atoms with van der Waals surface area (Å²) in [7, 11) is 0. The fraction of sp³-hybridized carbons (Fsp3) is 0.280. The summed E-state index contributed by atoms with van der Waals surface area (Å²) in [5, 5.41) is 4.27. The van der Waals surface area contributed by atoms with E-state index in [1.165, 1.54) is 34.0 Å². The summed E-state index contributed by atoms with van der Waals surface area (Å²) in [6.45, 7) is 4.90. The van der Waals surface area contributed by atoms with Gasteiger partial charge >= 0.3 is 23.9 Å². The monoisotopic (exact) mass is 495 g/mol. The van der Waals surface area contributed by atoms with Crippen molar-refractivity contribution in [2.45, 2.75) is 46.3 Å². The Morgan fingerprint density at radius 1 is 0.611 bits per heavy atom. The van der Waals surface area contributed by atoms with Gasteiger partial charge in [0.15, 0.2) is 0 Å². The highest BCUT2D eigenvalue weighted by molar-refractivity contribution is 5.69. The van der Waals surface area contributed by atoms with Gasteiger partial charge in [0, 0.05) is 38.8 Å². The molecular formula is C25H25N3O8. The average Bonchev–Trinajstić information content (AvgIpc) is 3.32. The summed E-state index contributed by atoms with van der Waals surface area (Å²) >= 11 is 0. The normalized spacial score (nSPS) is 10.9. The van der Waals surface area contributed by atoms with E-state index >= 15 is 0 Å². The van der Waals surface area contributed by atoms with Crippen LogP contribution < -0.4 is 0 Å². The Balaban J connectivity index is 1.93. The van der Waals surface area contributed by atoms with Gasteiger partial charge in [-0.15, -0.1) is 0 Å². The van der Waals surface area contributed by atoms with Crippen LogP contribution in [0, 0.1) is 0 Å². The van der Waals surface area contributed by atoms with E-state index in [1.54, 1.807) is 59.5 Å². The zero-order chi connectivity index (χ0) is 26.2. The van der Waals surface area contributed by atoms with Crippen LogP contribution in [0.4, 0.5) is 0 Å². The summed E-state index contributed by atoms with van der Waals surface area (Å²) in [5.41, 5.74) is 2.56. The minimum Gasteiger partial charge on any atom is -0.421 e. The molecule has 0 saturated carbocycles. The van der Waals surface area contributed by atoms with Crippen molar-refractivity contribution >= 4 is 23.9 Å². The molecule has 0 aliphatic heterocycles. The fourth-order valence-corrected chi connectivity index (χ4v) is 3.44. The predicted octanol–water partition coefficient (Wildman–Crippen LogP) is 3.17. The third-order valence-corrected chi connectivity index (χ3v) is 4.84. The third-order valence-electron chi connectivity index (χ3n) is 4.84. The molecule has 0 atom stereocenters. The van der Waals surface area contributed by atoms with E-state index in [9.17, 15) is 19.2 Å². The first-order chi connectivity index (χ1) is 17.1. The molecule has 0 radical (unpaired) electrons. The number of nitrogens with zero attached hydrogens (tertiary/aromatic N) is 3. The molecule has 3 rings (SSSR count). The van der Waals surface area contributed by atoms with Crippen molar-refractivity contribution in [2.75, 3.05) is 0 Å². The van der Waals surface area contributed by atoms with Gasteiger partial charge in [-0.25, -0.2) is 9.67 Å². The number of hydrogen-bond donors (Lipinski definition) is 0. The summed E-state index contributed by atoms with van der Waals surface area (Å²) in [6, 6.07) is 13.5. The van der Waals surface area contributed by atoms with Gasteiger partial charge in [-0.1, -0.05) is 48.5 Å². The number of rotatable bonds is 9. The van der Waals surface area contributed by atoms with E-state index in [1.807, 2.05) is 0 Å². The van der Waals surface area contributed by atoms with Crippen LogP contribution in [-0.2, 0) is 38.1 Å². The standard InChI is InChI=1S/C25H25N3O8/c1-15(29)33-24(34-16(2)30)21-9-5-19(6-10-21)23(28-14-26-13-27-28)20-7-11-22(12-8-20)25(35-17(3)31)36-18(4)32/h5-14,23-25H,1-4H3. The Morgan fingerprint density at radius 3 is 1.22 bits per heavy atom. The van der Waals surface area contributed by atoms with Crippen molar-refractivity contribution < 1.29 is 38.1 Å². The van der Waals surface area contributed by atoms with Gasteiger partial charge in [-0.05, 0) is 11.1 Å². The van der Waals surface area contributed by atoms with Crippen molar-refractivity contribution in [3.05, 3.63) is 83.4 Å². The Bertz CT molecular complexity index is 1100. The highest BCUT2D eigenvalue weighted by Crippen LogP contribution is 2.30. The van der Waals surface area contributed by atoms with Crippen LogP contribution in [0.25, 0.3) is 0 Å². The molecule has 0 unspecified atom stereocenters. The molecule has 2 aromatic carbocycles. The molecule has 0 N–H and O–H groups in total. The van der Waals surface area contributed by atoms with Crippen LogP contribution in [-0.4, -0.2) is 38.6 Å². The molecule has 0 aliphatic rings. The molecule has 188 valence electrons. The number of benzene rings is 2. The molecule has 1 heterocycles. The summed E-state index contributed by atoms with van der Waals surface area (Å²) in [5.74, 6) is -2.36. The van der Waals surface area contributed by atoms with E-state index < -0.39 is 42.5 Å². The van der Waals surface area contributed by atoms with Crippen molar-refractivity contribution in [3.8, 4) is 0 Å². The highest BCUT2D eigenvalue weighted by atomic mass is 16.7. The average molecular weight is 495 g/mol. The minimum absolute atomic E-state index is 0.405. The van der Waals surface area contributed by atoms with Crippen molar-refractivity contribution in [3.63, 3.8) is 0 Å². The first kappa shape index (κ1) is 26.1. The van der Waals surface area contributed by atoms with Crippen LogP contribution in [0.5, 0.6) is 0 Å². The fourth-order valence-electron chi connectivity index (χ4n) is 3.44. The second-order valence-electron chi connectivity index (χ2n) is 7.71. The van der Waals surface area contributed by atoms with Gasteiger partial charge in [0.05, 0.1) is 0 Å². The van der Waals surface area contributed by atoms with Gasteiger partial charge in [-0.2, -0.15) is 5.10 Å². The van der Waals surface area contributed by atoms with E-state index in [4.69, 9.17) is 18.9 Å². The molecule has 0 saturated heterocycles. The topological polar surface area (TPSA) is 136 Å². The predicted molar refractivity (Wildman–Crippen MR) is 123 cm³/mol. The van der Waals surface area contributed by atoms with E-state index in [2.05, 4.69) is 10.1 Å². The number of hydrogen-bond acceptors (Lipinski definition) is 10. The molecule has 1 aromatic heterocycles. The largest absolute Gasteiger partial charge is 0.421 e. The van der Waals surface area contributed by atoms with Crippen molar-refractivity contribution in [2.24, 2.45) is 0 Å². The van der Waals surface area contributed by atoms with Crippen LogP contribution in [0.1, 0.15) is 68.6 Å². The van der Waals surface area contributed by atoms with Crippen LogP contribution in [0.15, 0.2) is 61.2 Å². The molecule has 3 aromatic rings. The molecule has 0 aliphatic carbocycles. The Hall–Kier alpha value is -4.54. The van der Waals surface area contributed by atoms with E-state index in [0.29, 0.717) is 11.1 Å². The number of ether oxygens (including phenoxy) is 4. The van der Waals surface area contributed by atoms with Gasteiger partial charge in [-0.3, -0.25) is 19.2 Å². The summed E-state index contributed by atoms with van der Waals surface area (Å²) in [6.07, 6.45) is 0.633. The molecule has 11 nitrogen and oxygen atoms in total. The maximum absolute atomic E-state index is 11.4. The molecule has 0 bridgehead atoms. The van der Waals surface area contributed by atoms with E-state index in [-0.39, 0.29) is 0 Å². The minimum atomic E-state index is -1.17.